The van der Waals surface area contributed by atoms with Crippen molar-refractivity contribution in [2.45, 2.75) is 17.7 Å². The Balaban J connectivity index is 1.41. The second-order valence-corrected chi connectivity index (χ2v) is 10.7. The van der Waals surface area contributed by atoms with Gasteiger partial charge in [0.05, 0.1) is 18.3 Å². The molecule has 0 unspecified atom stereocenters. The van der Waals surface area contributed by atoms with Gasteiger partial charge in [0.1, 0.15) is 0 Å². The Hall–Kier alpha value is -2.47. The first kappa shape index (κ1) is 21.8. The summed E-state index contributed by atoms with van der Waals surface area (Å²) >= 11 is 6.86. The summed E-state index contributed by atoms with van der Waals surface area (Å²) in [6.07, 6.45) is 3.16. The summed E-state index contributed by atoms with van der Waals surface area (Å²) in [5, 5.41) is 4.88. The van der Waals surface area contributed by atoms with Crippen LogP contribution in [0, 0.1) is 6.92 Å². The van der Waals surface area contributed by atoms with Gasteiger partial charge in [-0.05, 0) is 18.6 Å². The van der Waals surface area contributed by atoms with Gasteiger partial charge in [-0.3, -0.25) is 14.3 Å². The van der Waals surface area contributed by atoms with Crippen molar-refractivity contribution in [3.05, 3.63) is 68.2 Å². The molecule has 3 aromatic rings. The molecule has 1 saturated heterocycles. The van der Waals surface area contributed by atoms with Crippen LogP contribution < -0.4 is 4.87 Å². The van der Waals surface area contributed by atoms with Crippen molar-refractivity contribution in [2.75, 3.05) is 26.2 Å². The number of amides is 1. The molecule has 0 spiro atoms. The van der Waals surface area contributed by atoms with Crippen molar-refractivity contribution < 1.29 is 13.2 Å². The number of rotatable bonds is 5. The molecule has 12 heteroatoms. The average molecular weight is 482 g/mol. The lowest BCUT2D eigenvalue weighted by molar-refractivity contribution is 0.0698. The van der Waals surface area contributed by atoms with Crippen LogP contribution in [-0.4, -0.2) is 64.5 Å². The number of H-pyrrole nitrogens is 1. The number of sulfonamides is 1. The maximum atomic E-state index is 12.9. The zero-order valence-electron chi connectivity index (χ0n) is 16.6. The van der Waals surface area contributed by atoms with Crippen LogP contribution in [0.4, 0.5) is 0 Å². The fourth-order valence-corrected chi connectivity index (χ4v) is 6.48. The van der Waals surface area contributed by atoms with E-state index in [1.54, 1.807) is 28.8 Å². The lowest BCUT2D eigenvalue weighted by Crippen LogP contribution is -2.50. The van der Waals surface area contributed by atoms with E-state index in [1.807, 2.05) is 18.2 Å². The second kappa shape index (κ2) is 8.58. The van der Waals surface area contributed by atoms with Gasteiger partial charge in [0.2, 0.25) is 0 Å². The SMILES string of the molecule is Cc1[nH]c(=O)sc1S(=O)(=O)N1CCN(C(=O)c2cnn(Cc3ccccc3Cl)c2)CC1. The zero-order valence-corrected chi connectivity index (χ0v) is 19.0. The van der Waals surface area contributed by atoms with Crippen molar-refractivity contribution in [1.82, 2.24) is 24.0 Å². The summed E-state index contributed by atoms with van der Waals surface area (Å²) in [4.78, 5) is 28.0. The number of carbonyl (C=O) groups is 1. The highest BCUT2D eigenvalue weighted by molar-refractivity contribution is 7.91. The number of nitrogens with one attached hydrogen (secondary N) is 1. The van der Waals surface area contributed by atoms with E-state index in [0.29, 0.717) is 34.2 Å². The van der Waals surface area contributed by atoms with Gasteiger partial charge in [-0.25, -0.2) is 8.42 Å². The third kappa shape index (κ3) is 4.45. The molecule has 2 aromatic heterocycles. The molecule has 164 valence electrons. The smallest absolute Gasteiger partial charge is 0.305 e. The van der Waals surface area contributed by atoms with E-state index >= 15 is 0 Å². The largest absolute Gasteiger partial charge is 0.336 e. The summed E-state index contributed by atoms with van der Waals surface area (Å²) in [5.74, 6) is -0.204. The molecular formula is C19H20ClN5O4S2. The van der Waals surface area contributed by atoms with Crippen molar-refractivity contribution in [3.63, 3.8) is 0 Å². The fourth-order valence-electron chi connectivity index (χ4n) is 3.43. The number of hydrogen-bond donors (Lipinski definition) is 1. The number of halogens is 1. The van der Waals surface area contributed by atoms with Gasteiger partial charge >= 0.3 is 4.87 Å². The minimum absolute atomic E-state index is 0.0260. The Morgan fingerprint density at radius 2 is 1.94 bits per heavy atom. The predicted octanol–water partition coefficient (Wildman–Crippen LogP) is 1.79. The number of carbonyl (C=O) groups excluding carboxylic acids is 1. The molecule has 1 aliphatic rings. The molecule has 9 nitrogen and oxygen atoms in total. The first-order valence-corrected chi connectivity index (χ1v) is 12.1. The highest BCUT2D eigenvalue weighted by Gasteiger charge is 2.33. The van der Waals surface area contributed by atoms with Crippen LogP contribution in [0.15, 0.2) is 45.7 Å². The van der Waals surface area contributed by atoms with Gasteiger partial charge in [0.15, 0.2) is 4.21 Å². The number of benzene rings is 1. The number of thiazole rings is 1. The lowest BCUT2D eigenvalue weighted by atomic mass is 10.2. The maximum Gasteiger partial charge on any atom is 0.305 e. The first-order chi connectivity index (χ1) is 14.8. The van der Waals surface area contributed by atoms with Crippen LogP contribution in [0.25, 0.3) is 0 Å². The van der Waals surface area contributed by atoms with Gasteiger partial charge < -0.3 is 9.88 Å². The summed E-state index contributed by atoms with van der Waals surface area (Å²) in [6, 6.07) is 7.43. The molecule has 0 atom stereocenters. The van der Waals surface area contributed by atoms with Crippen LogP contribution in [0.3, 0.4) is 0 Å². The number of aromatic amines is 1. The van der Waals surface area contributed by atoms with E-state index in [1.165, 1.54) is 10.5 Å². The highest BCUT2D eigenvalue weighted by atomic mass is 35.5. The van der Waals surface area contributed by atoms with Crippen molar-refractivity contribution in [3.8, 4) is 0 Å². The van der Waals surface area contributed by atoms with Crippen LogP contribution >= 0.6 is 22.9 Å². The summed E-state index contributed by atoms with van der Waals surface area (Å²) in [5.41, 5.74) is 1.66. The molecule has 1 N–H and O–H groups in total. The molecule has 0 saturated carbocycles. The van der Waals surface area contributed by atoms with Crippen LogP contribution in [0.5, 0.6) is 0 Å². The van der Waals surface area contributed by atoms with Crippen molar-refractivity contribution in [1.29, 1.82) is 0 Å². The van der Waals surface area contributed by atoms with Crippen LogP contribution in [-0.2, 0) is 16.6 Å². The standard InChI is InChI=1S/C19H20ClN5O4S2/c1-13-18(30-19(27)22-13)31(28,29)25-8-6-23(7-9-25)17(26)15-10-21-24(12-15)11-14-4-2-3-5-16(14)20/h2-5,10,12H,6-9,11H2,1H3,(H,22,27). The Bertz CT molecular complexity index is 1270. The average Bonchev–Trinajstić information content (AvgIpc) is 3.35. The van der Waals surface area contributed by atoms with Gasteiger partial charge in [0.25, 0.3) is 15.9 Å². The molecule has 1 aliphatic heterocycles. The normalized spacial score (nSPS) is 15.4. The highest BCUT2D eigenvalue weighted by Crippen LogP contribution is 2.23. The molecule has 0 bridgehead atoms. The number of hydrogen-bond acceptors (Lipinski definition) is 6. The third-order valence-electron chi connectivity index (χ3n) is 5.05. The Morgan fingerprint density at radius 1 is 1.23 bits per heavy atom. The number of nitrogens with zero attached hydrogens (tertiary/aromatic N) is 4. The molecule has 0 radical (unpaired) electrons. The van der Waals surface area contributed by atoms with Gasteiger partial charge in [-0.15, -0.1) is 0 Å². The number of aryl methyl sites for hydroxylation is 1. The van der Waals surface area contributed by atoms with Gasteiger partial charge in [-0.1, -0.05) is 41.1 Å². The van der Waals surface area contributed by atoms with E-state index in [2.05, 4.69) is 10.1 Å². The van der Waals surface area contributed by atoms with Crippen LogP contribution in [0.2, 0.25) is 5.02 Å². The molecule has 1 fully saturated rings. The Labute approximate surface area is 187 Å². The summed E-state index contributed by atoms with van der Waals surface area (Å²) < 4.78 is 28.6. The maximum absolute atomic E-state index is 12.9. The zero-order chi connectivity index (χ0) is 22.2. The topological polar surface area (TPSA) is 108 Å². The van der Waals surface area contributed by atoms with Crippen molar-refractivity contribution >= 4 is 38.9 Å². The first-order valence-electron chi connectivity index (χ1n) is 9.50. The molecule has 0 aliphatic carbocycles. The molecule has 1 amide bonds. The Morgan fingerprint density at radius 3 is 2.58 bits per heavy atom. The van der Waals surface area contributed by atoms with E-state index in [9.17, 15) is 18.0 Å². The van der Waals surface area contributed by atoms with Gasteiger partial charge in [-0.2, -0.15) is 9.40 Å². The quantitative estimate of drug-likeness (QED) is 0.597. The summed E-state index contributed by atoms with van der Waals surface area (Å²) in [7, 11) is -3.77. The lowest BCUT2D eigenvalue weighted by Gasteiger charge is -2.33. The van der Waals surface area contributed by atoms with Crippen LogP contribution in [0.1, 0.15) is 21.6 Å². The number of piperazine rings is 1. The van der Waals surface area contributed by atoms with Crippen molar-refractivity contribution in [2.24, 2.45) is 0 Å². The molecule has 1 aromatic carbocycles. The van der Waals surface area contributed by atoms with E-state index in [-0.39, 0.29) is 36.3 Å². The monoisotopic (exact) mass is 481 g/mol. The third-order valence-corrected chi connectivity index (χ3v) is 8.90. The Kier molecular flexibility index (Phi) is 6.02. The molecule has 3 heterocycles. The fraction of sp³-hybridized carbons (Fsp3) is 0.316. The van der Waals surface area contributed by atoms with E-state index in [0.717, 1.165) is 5.56 Å². The second-order valence-electron chi connectivity index (χ2n) is 7.14. The minimum Gasteiger partial charge on any atom is -0.336 e. The van der Waals surface area contributed by atoms with Gasteiger partial charge in [0, 0.05) is 43.1 Å². The molecular weight excluding hydrogens is 462 g/mol. The van der Waals surface area contributed by atoms with E-state index < -0.39 is 14.9 Å². The summed E-state index contributed by atoms with van der Waals surface area (Å²) in [6.45, 7) is 2.84. The molecule has 4 rings (SSSR count). The van der Waals surface area contributed by atoms with E-state index in [4.69, 9.17) is 11.6 Å². The molecule has 31 heavy (non-hydrogen) atoms. The minimum atomic E-state index is -3.77. The number of aromatic nitrogens is 3. The predicted molar refractivity (Wildman–Crippen MR) is 117 cm³/mol.